The molecule has 0 aliphatic carbocycles. The Hall–Kier alpha value is -2.62. The topological polar surface area (TPSA) is 55.4 Å². The Balaban J connectivity index is 1.70. The lowest BCUT2D eigenvalue weighted by atomic mass is 10.1. The molecule has 0 radical (unpaired) electrons. The second-order valence-electron chi connectivity index (χ2n) is 4.99. The van der Waals surface area contributed by atoms with Gasteiger partial charge in [-0.25, -0.2) is 0 Å². The average molecular weight is 297 g/mol. The summed E-state index contributed by atoms with van der Waals surface area (Å²) in [5, 5.41) is 2.83. The van der Waals surface area contributed by atoms with Crippen molar-refractivity contribution in [1.82, 2.24) is 5.32 Å². The fraction of sp³-hybridized carbons (Fsp3) is 0.222. The zero-order valence-electron chi connectivity index (χ0n) is 12.5. The number of hydrogen-bond donors (Lipinski definition) is 1. The van der Waals surface area contributed by atoms with Crippen LogP contribution >= 0.6 is 0 Å². The van der Waals surface area contributed by atoms with Crippen molar-refractivity contribution in [2.24, 2.45) is 0 Å². The van der Waals surface area contributed by atoms with Gasteiger partial charge in [-0.05, 0) is 42.3 Å². The molecule has 0 aliphatic rings. The number of carbonyl (C=O) groups excluding carboxylic acids is 2. The second kappa shape index (κ2) is 7.98. The van der Waals surface area contributed by atoms with Crippen molar-refractivity contribution in [3.8, 4) is 5.75 Å². The number of amides is 1. The molecule has 114 valence electrons. The summed E-state index contributed by atoms with van der Waals surface area (Å²) in [6.07, 6.45) is 1.16. The zero-order valence-corrected chi connectivity index (χ0v) is 12.5. The summed E-state index contributed by atoms with van der Waals surface area (Å²) in [5.74, 6) is 0.660. The molecular formula is C18H19NO3. The first-order valence-corrected chi connectivity index (χ1v) is 7.18. The largest absolute Gasteiger partial charge is 0.492 e. The molecule has 4 heteroatoms. The van der Waals surface area contributed by atoms with E-state index in [0.717, 1.165) is 17.4 Å². The van der Waals surface area contributed by atoms with E-state index in [4.69, 9.17) is 4.74 Å². The zero-order chi connectivity index (χ0) is 15.8. The molecule has 0 heterocycles. The number of hydrogen-bond acceptors (Lipinski definition) is 3. The van der Waals surface area contributed by atoms with Crippen molar-refractivity contribution >= 4 is 12.2 Å². The number of aryl methyl sites for hydroxylation is 1. The summed E-state index contributed by atoms with van der Waals surface area (Å²) < 4.78 is 5.50. The van der Waals surface area contributed by atoms with E-state index in [-0.39, 0.29) is 5.91 Å². The van der Waals surface area contributed by atoms with E-state index in [0.29, 0.717) is 30.9 Å². The summed E-state index contributed by atoms with van der Waals surface area (Å²) in [6.45, 7) is 2.83. The predicted molar refractivity (Wildman–Crippen MR) is 85.2 cm³/mol. The van der Waals surface area contributed by atoms with Gasteiger partial charge < -0.3 is 10.1 Å². The Bertz CT molecular complexity index is 635. The molecule has 0 fully saturated rings. The third kappa shape index (κ3) is 4.74. The molecular weight excluding hydrogens is 278 g/mol. The van der Waals surface area contributed by atoms with E-state index in [2.05, 4.69) is 5.32 Å². The van der Waals surface area contributed by atoms with Crippen LogP contribution in [0.1, 0.15) is 21.5 Å². The van der Waals surface area contributed by atoms with Gasteiger partial charge in [-0.1, -0.05) is 24.3 Å². The summed E-state index contributed by atoms with van der Waals surface area (Å²) >= 11 is 0. The summed E-state index contributed by atoms with van der Waals surface area (Å²) in [6, 6.07) is 14.7. The molecule has 2 aromatic carbocycles. The minimum Gasteiger partial charge on any atom is -0.492 e. The van der Waals surface area contributed by atoms with Gasteiger partial charge in [0.1, 0.15) is 18.6 Å². The summed E-state index contributed by atoms with van der Waals surface area (Å²) in [4.78, 5) is 22.4. The highest BCUT2D eigenvalue weighted by Gasteiger charge is 2.04. The van der Waals surface area contributed by atoms with Gasteiger partial charge in [0.05, 0.1) is 13.0 Å². The predicted octanol–water partition coefficient (Wildman–Crippen LogP) is 2.55. The van der Waals surface area contributed by atoms with Crippen LogP contribution in [0.15, 0.2) is 48.5 Å². The van der Waals surface area contributed by atoms with Crippen LogP contribution in [0.5, 0.6) is 5.75 Å². The van der Waals surface area contributed by atoms with E-state index in [1.54, 1.807) is 24.3 Å². The molecule has 0 spiro atoms. The highest BCUT2D eigenvalue weighted by atomic mass is 16.5. The van der Waals surface area contributed by atoms with Crippen molar-refractivity contribution < 1.29 is 14.3 Å². The fourth-order valence-electron chi connectivity index (χ4n) is 2.05. The Kier molecular flexibility index (Phi) is 5.72. The smallest absolute Gasteiger partial charge is 0.224 e. The first kappa shape index (κ1) is 15.8. The number of carbonyl (C=O) groups is 2. The molecule has 0 aromatic heterocycles. The Labute approximate surface area is 130 Å². The number of rotatable bonds is 7. The first-order valence-electron chi connectivity index (χ1n) is 7.18. The Morgan fingerprint density at radius 2 is 1.86 bits per heavy atom. The van der Waals surface area contributed by atoms with Crippen LogP contribution in [0.4, 0.5) is 0 Å². The SMILES string of the molecule is Cc1ccccc1CC(=O)NCCOc1ccc(C=O)cc1. The summed E-state index contributed by atoms with van der Waals surface area (Å²) in [7, 11) is 0. The maximum absolute atomic E-state index is 11.9. The second-order valence-corrected chi connectivity index (χ2v) is 4.99. The molecule has 1 N–H and O–H groups in total. The van der Waals surface area contributed by atoms with Gasteiger partial charge in [0.2, 0.25) is 5.91 Å². The van der Waals surface area contributed by atoms with Crippen molar-refractivity contribution in [1.29, 1.82) is 0 Å². The normalized spacial score (nSPS) is 10.0. The van der Waals surface area contributed by atoms with Gasteiger partial charge in [-0.2, -0.15) is 0 Å². The molecule has 0 saturated heterocycles. The first-order chi connectivity index (χ1) is 10.7. The van der Waals surface area contributed by atoms with E-state index in [1.165, 1.54) is 0 Å². The third-order valence-electron chi connectivity index (χ3n) is 3.32. The molecule has 0 saturated carbocycles. The summed E-state index contributed by atoms with van der Waals surface area (Å²) in [5.41, 5.74) is 2.76. The lowest BCUT2D eigenvalue weighted by Crippen LogP contribution is -2.29. The van der Waals surface area contributed by atoms with Crippen LogP contribution < -0.4 is 10.1 Å². The van der Waals surface area contributed by atoms with Crippen molar-refractivity contribution in [3.05, 3.63) is 65.2 Å². The molecule has 2 rings (SSSR count). The van der Waals surface area contributed by atoms with Crippen molar-refractivity contribution in [3.63, 3.8) is 0 Å². The maximum Gasteiger partial charge on any atom is 0.224 e. The standard InChI is InChI=1S/C18H19NO3/c1-14-4-2-3-5-16(14)12-18(21)19-10-11-22-17-8-6-15(13-20)7-9-17/h2-9,13H,10-12H2,1H3,(H,19,21). The monoisotopic (exact) mass is 297 g/mol. The average Bonchev–Trinajstić information content (AvgIpc) is 2.54. The van der Waals surface area contributed by atoms with Crippen LogP contribution in [0.2, 0.25) is 0 Å². The van der Waals surface area contributed by atoms with Gasteiger partial charge in [-0.15, -0.1) is 0 Å². The van der Waals surface area contributed by atoms with Gasteiger partial charge in [0.25, 0.3) is 0 Å². The molecule has 0 unspecified atom stereocenters. The molecule has 0 atom stereocenters. The lowest BCUT2D eigenvalue weighted by molar-refractivity contribution is -0.120. The minimum atomic E-state index is -0.0193. The Morgan fingerprint density at radius 3 is 2.55 bits per heavy atom. The molecule has 4 nitrogen and oxygen atoms in total. The minimum absolute atomic E-state index is 0.0193. The van der Waals surface area contributed by atoms with Crippen LogP contribution in [-0.2, 0) is 11.2 Å². The lowest BCUT2D eigenvalue weighted by Gasteiger charge is -2.09. The number of nitrogens with one attached hydrogen (secondary N) is 1. The maximum atomic E-state index is 11.9. The quantitative estimate of drug-likeness (QED) is 0.631. The van der Waals surface area contributed by atoms with Crippen LogP contribution in [-0.4, -0.2) is 25.3 Å². The van der Waals surface area contributed by atoms with Crippen LogP contribution in [0.3, 0.4) is 0 Å². The molecule has 1 amide bonds. The van der Waals surface area contributed by atoms with E-state index >= 15 is 0 Å². The molecule has 0 bridgehead atoms. The molecule has 22 heavy (non-hydrogen) atoms. The molecule has 0 aliphatic heterocycles. The van der Waals surface area contributed by atoms with E-state index < -0.39 is 0 Å². The van der Waals surface area contributed by atoms with Crippen molar-refractivity contribution in [2.45, 2.75) is 13.3 Å². The van der Waals surface area contributed by atoms with E-state index in [9.17, 15) is 9.59 Å². The highest BCUT2D eigenvalue weighted by Crippen LogP contribution is 2.10. The van der Waals surface area contributed by atoms with Crippen molar-refractivity contribution in [2.75, 3.05) is 13.2 Å². The molecule has 2 aromatic rings. The van der Waals surface area contributed by atoms with Crippen LogP contribution in [0, 0.1) is 6.92 Å². The van der Waals surface area contributed by atoms with Gasteiger partial charge >= 0.3 is 0 Å². The van der Waals surface area contributed by atoms with Gasteiger partial charge in [-0.3, -0.25) is 9.59 Å². The third-order valence-corrected chi connectivity index (χ3v) is 3.32. The van der Waals surface area contributed by atoms with Gasteiger partial charge in [0.15, 0.2) is 0 Å². The number of benzene rings is 2. The van der Waals surface area contributed by atoms with E-state index in [1.807, 2.05) is 31.2 Å². The highest BCUT2D eigenvalue weighted by molar-refractivity contribution is 5.78. The Morgan fingerprint density at radius 1 is 1.14 bits per heavy atom. The fourth-order valence-corrected chi connectivity index (χ4v) is 2.05. The van der Waals surface area contributed by atoms with Crippen LogP contribution in [0.25, 0.3) is 0 Å². The number of aldehydes is 1. The number of ether oxygens (including phenoxy) is 1. The van der Waals surface area contributed by atoms with Gasteiger partial charge in [0, 0.05) is 5.56 Å².